The number of furan rings is 1. The maximum atomic E-state index is 13.4. The molecule has 3 N–H and O–H groups in total. The van der Waals surface area contributed by atoms with E-state index in [0.717, 1.165) is 84.8 Å². The van der Waals surface area contributed by atoms with Gasteiger partial charge in [0.2, 0.25) is 0 Å². The van der Waals surface area contributed by atoms with Crippen molar-refractivity contribution in [3.63, 3.8) is 0 Å². The van der Waals surface area contributed by atoms with E-state index in [-0.39, 0.29) is 30.1 Å². The molecule has 15 heteroatoms. The van der Waals surface area contributed by atoms with E-state index in [0.29, 0.717) is 48.7 Å². The minimum Gasteiger partial charge on any atom is -0.455 e. The molecule has 14 nitrogen and oxygen atoms in total. The van der Waals surface area contributed by atoms with E-state index >= 15 is 0 Å². The number of benzene rings is 5. The van der Waals surface area contributed by atoms with Crippen LogP contribution in [0.3, 0.4) is 0 Å². The number of ketones is 1. The van der Waals surface area contributed by atoms with Crippen LogP contribution in [0.5, 0.6) is 0 Å². The molecule has 4 amide bonds. The van der Waals surface area contributed by atoms with Gasteiger partial charge < -0.3 is 25.1 Å². The number of rotatable bonds is 22. The van der Waals surface area contributed by atoms with Crippen molar-refractivity contribution in [3.05, 3.63) is 178 Å². The number of para-hydroxylation sites is 1. The van der Waals surface area contributed by atoms with Crippen molar-refractivity contribution in [1.82, 2.24) is 25.0 Å². The molecule has 6 aromatic rings. The number of aliphatic hydroxyl groups is 1. The molecule has 1 aromatic heterocycles. The Hall–Kier alpha value is -7.04. The van der Waals surface area contributed by atoms with Gasteiger partial charge >= 0.3 is 6.03 Å². The number of imide groups is 1. The average Bonchev–Trinajstić information content (AvgIpc) is 4.01. The lowest BCUT2D eigenvalue weighted by Crippen LogP contribution is -2.47. The molecular weight excluding hydrogens is 975 g/mol. The van der Waals surface area contributed by atoms with Gasteiger partial charge in [0.1, 0.15) is 18.1 Å². The van der Waals surface area contributed by atoms with Crippen LogP contribution in [0.2, 0.25) is 0 Å². The smallest absolute Gasteiger partial charge is 0.347 e. The van der Waals surface area contributed by atoms with Crippen LogP contribution in [0.25, 0.3) is 11.3 Å². The Morgan fingerprint density at radius 1 is 0.750 bits per heavy atom. The molecule has 3 heterocycles. The van der Waals surface area contributed by atoms with Crippen molar-refractivity contribution in [3.8, 4) is 11.3 Å². The highest BCUT2D eigenvalue weighted by atomic mass is 32.2. The zero-order chi connectivity index (χ0) is 54.1. The molecule has 2 aliphatic heterocycles. The highest BCUT2D eigenvalue weighted by Crippen LogP contribution is 2.27. The number of hydrogen-bond acceptors (Lipinski definition) is 11. The predicted molar refractivity (Wildman–Crippen MR) is 303 cm³/mol. The molecule has 4 atom stereocenters. The van der Waals surface area contributed by atoms with Crippen LogP contribution in [0.1, 0.15) is 94.1 Å². The van der Waals surface area contributed by atoms with Gasteiger partial charge in [-0.25, -0.2) is 9.80 Å². The number of hydrogen-bond donors (Lipinski definition) is 3. The van der Waals surface area contributed by atoms with Crippen LogP contribution in [0.4, 0.5) is 16.2 Å². The monoisotopic (exact) mass is 1050 g/mol. The van der Waals surface area contributed by atoms with Gasteiger partial charge in [0, 0.05) is 79.7 Å². The third-order valence-corrected chi connectivity index (χ3v) is 14.9. The van der Waals surface area contributed by atoms with Gasteiger partial charge in [-0.1, -0.05) is 121 Å². The van der Waals surface area contributed by atoms with Crippen molar-refractivity contribution in [2.75, 3.05) is 69.7 Å². The highest BCUT2D eigenvalue weighted by Gasteiger charge is 2.36. The number of unbranched alkanes of at least 4 members (excludes halogenated alkanes) is 1. The van der Waals surface area contributed by atoms with Gasteiger partial charge in [-0.3, -0.25) is 28.4 Å². The lowest BCUT2D eigenvalue weighted by Gasteiger charge is -2.35. The fourth-order valence-corrected chi connectivity index (χ4v) is 9.77. The van der Waals surface area contributed by atoms with Gasteiger partial charge in [0.05, 0.1) is 29.6 Å². The molecule has 2 aliphatic rings. The molecule has 2 saturated heterocycles. The Labute approximate surface area is 450 Å². The van der Waals surface area contributed by atoms with E-state index < -0.39 is 29.0 Å². The molecule has 0 radical (unpaired) electrons. The van der Waals surface area contributed by atoms with Gasteiger partial charge in [-0.15, -0.1) is 0 Å². The summed E-state index contributed by atoms with van der Waals surface area (Å²) >= 11 is 0. The van der Waals surface area contributed by atoms with Crippen LogP contribution < -0.4 is 10.6 Å². The van der Waals surface area contributed by atoms with E-state index in [4.69, 9.17) is 4.42 Å². The Morgan fingerprint density at radius 3 is 2.11 bits per heavy atom. The van der Waals surface area contributed by atoms with E-state index in [1.165, 1.54) is 27.3 Å². The van der Waals surface area contributed by atoms with Crippen molar-refractivity contribution in [1.29, 1.82) is 0 Å². The topological polar surface area (TPSA) is 168 Å². The van der Waals surface area contributed by atoms with Crippen LogP contribution >= 0.6 is 0 Å². The maximum absolute atomic E-state index is 13.4. The standard InChI is InChI=1S/C31H37N5O4.C30H36N2O3S/c1-24-9-11-26(12-10-24)29-14-13-27(40-29)21-32-36-23-30(38)35(31(36)39)16-6-5-15-33-17-19-34(20-18-33)22-28(37)25-7-3-2-4-8-25;1-20-13-15-24(16-14-20)22(3)19-29(33)28(17-18-36(5)35)32-30(34)25-10-6-7-11-27(25)31-26-12-8-9-21(2)23(26)4/h2-4,7-14,21,28,37H,5-6,15-20,22-23H2,1H3;6-16,22,28,31H,17-19H2,1-5H3,(H,32,34)/b32-21+;/t28-;22-,28+,36-/m10/s1. The molecule has 400 valence electrons. The number of piperazine rings is 1. The number of Topliss-reactive ketones (excluding diaryl/α,β-unsaturated/α-hetero) is 1. The summed E-state index contributed by atoms with van der Waals surface area (Å²) in [5.41, 5.74) is 9.66. The summed E-state index contributed by atoms with van der Waals surface area (Å²) in [4.78, 5) is 57.9. The first-order valence-corrected chi connectivity index (χ1v) is 28.0. The molecule has 8 rings (SSSR count). The van der Waals surface area contributed by atoms with Crippen LogP contribution in [-0.4, -0.2) is 129 Å². The minimum atomic E-state index is -1.07. The number of nitrogens with one attached hydrogen (secondary N) is 2. The fourth-order valence-electron chi connectivity index (χ4n) is 9.20. The third kappa shape index (κ3) is 16.2. The largest absolute Gasteiger partial charge is 0.455 e. The summed E-state index contributed by atoms with van der Waals surface area (Å²) < 4.78 is 17.6. The number of nitrogens with zero attached hydrogens (tertiary/aromatic N) is 5. The number of anilines is 2. The number of aliphatic hydroxyl groups excluding tert-OH is 1. The van der Waals surface area contributed by atoms with Crippen LogP contribution in [-0.2, 0) is 20.4 Å². The first-order chi connectivity index (χ1) is 36.6. The van der Waals surface area contributed by atoms with Crippen LogP contribution in [0.15, 0.2) is 143 Å². The first-order valence-electron chi connectivity index (χ1n) is 26.2. The van der Waals surface area contributed by atoms with Crippen molar-refractivity contribution in [2.24, 2.45) is 5.10 Å². The van der Waals surface area contributed by atoms with E-state index in [1.807, 2.05) is 150 Å². The normalized spacial score (nSPS) is 15.8. The second-order valence-electron chi connectivity index (χ2n) is 20.0. The number of carbonyl (C=O) groups excluding carboxylic acids is 4. The summed E-state index contributed by atoms with van der Waals surface area (Å²) in [7, 11) is -1.07. The Morgan fingerprint density at radius 2 is 1.39 bits per heavy atom. The Balaban J connectivity index is 0.000000223. The van der Waals surface area contributed by atoms with Gasteiger partial charge in [-0.05, 0) is 112 Å². The molecular formula is C61H73N7O7S. The molecule has 2 fully saturated rings. The SMILES string of the molecule is Cc1ccc(-c2ccc(/C=N/N3CC(=O)N(CCCCN4CCN(C[C@@H](O)c5ccccc5)CC4)C3=O)o2)cc1.Cc1ccc([C@@H](C)CC(=O)[C@@H](CC[S@](C)=O)NC(=O)c2ccccc2Nc2cccc(C)c2C)cc1. The average molecular weight is 1050 g/mol. The number of amides is 4. The molecule has 5 aromatic carbocycles. The zero-order valence-electron chi connectivity index (χ0n) is 44.7. The predicted octanol–water partition coefficient (Wildman–Crippen LogP) is 9.97. The number of carbonyl (C=O) groups is 4. The molecule has 0 aliphatic carbocycles. The molecule has 0 unspecified atom stereocenters. The molecule has 0 saturated carbocycles. The van der Waals surface area contributed by atoms with E-state index in [2.05, 4.69) is 25.5 Å². The van der Waals surface area contributed by atoms with Gasteiger partial charge in [0.25, 0.3) is 11.8 Å². The zero-order valence-corrected chi connectivity index (χ0v) is 45.6. The number of aryl methyl sites for hydroxylation is 3. The third-order valence-electron chi connectivity index (χ3n) is 14.1. The molecule has 0 spiro atoms. The fraction of sp³-hybridized carbons (Fsp3) is 0.361. The summed E-state index contributed by atoms with van der Waals surface area (Å²) in [6, 6.07) is 41.8. The Bertz CT molecular complexity index is 2940. The number of β-amino-alcohol motifs (C(OH)–C–C–N with tert-alkyl or cyclic N) is 1. The lowest BCUT2D eigenvalue weighted by atomic mass is 9.92. The van der Waals surface area contributed by atoms with Gasteiger partial charge in [-0.2, -0.15) is 5.10 Å². The molecule has 76 heavy (non-hydrogen) atoms. The molecule has 0 bridgehead atoms. The second kappa shape index (κ2) is 27.7. The first kappa shape index (κ1) is 56.7. The minimum absolute atomic E-state index is 0.0166. The van der Waals surface area contributed by atoms with Crippen molar-refractivity contribution >= 4 is 52.0 Å². The summed E-state index contributed by atoms with van der Waals surface area (Å²) in [5.74, 6) is 0.990. The quantitative estimate of drug-likeness (QED) is 0.0338. The van der Waals surface area contributed by atoms with E-state index in [9.17, 15) is 28.5 Å². The summed E-state index contributed by atoms with van der Waals surface area (Å²) in [5, 5.41) is 22.2. The number of urea groups is 1. The summed E-state index contributed by atoms with van der Waals surface area (Å²) in [6.45, 7) is 15.8. The number of hydrazone groups is 1. The maximum Gasteiger partial charge on any atom is 0.347 e. The van der Waals surface area contributed by atoms with Gasteiger partial charge in [0.15, 0.2) is 5.78 Å². The second-order valence-corrected chi connectivity index (χ2v) is 21.5. The highest BCUT2D eigenvalue weighted by molar-refractivity contribution is 7.84. The van der Waals surface area contributed by atoms with E-state index in [1.54, 1.807) is 24.5 Å². The summed E-state index contributed by atoms with van der Waals surface area (Å²) in [6.07, 6.45) is 4.91. The lowest BCUT2D eigenvalue weighted by molar-refractivity contribution is -0.125. The Kier molecular flexibility index (Phi) is 20.6. The van der Waals surface area contributed by atoms with Crippen molar-refractivity contribution < 1.29 is 32.9 Å². The van der Waals surface area contributed by atoms with Crippen molar-refractivity contribution in [2.45, 2.75) is 78.4 Å². The van der Waals surface area contributed by atoms with Crippen LogP contribution in [0, 0.1) is 27.7 Å².